The lowest BCUT2D eigenvalue weighted by Crippen LogP contribution is -2.17. The van der Waals surface area contributed by atoms with Crippen LogP contribution in [0.2, 0.25) is 0 Å². The number of nitrogens with zero attached hydrogens (tertiary/aromatic N) is 2. The molecule has 3 nitrogen and oxygen atoms in total. The van der Waals surface area contributed by atoms with E-state index in [0.29, 0.717) is 0 Å². The average Bonchev–Trinajstić information content (AvgIpc) is 2.51. The van der Waals surface area contributed by atoms with Gasteiger partial charge in [-0.3, -0.25) is 4.68 Å². The molecule has 0 aliphatic heterocycles. The van der Waals surface area contributed by atoms with E-state index < -0.39 is 0 Å². The zero-order valence-electron chi connectivity index (χ0n) is 9.45. The third-order valence-electron chi connectivity index (χ3n) is 2.36. The van der Waals surface area contributed by atoms with Gasteiger partial charge in [0.05, 0.1) is 5.69 Å². The van der Waals surface area contributed by atoms with E-state index in [1.807, 2.05) is 17.9 Å². The molecule has 1 aromatic rings. The highest BCUT2D eigenvalue weighted by molar-refractivity contribution is 4.98. The normalized spacial score (nSPS) is 11.1. The first-order valence-electron chi connectivity index (χ1n) is 5.37. The van der Waals surface area contributed by atoms with Crippen molar-refractivity contribution in [3.63, 3.8) is 0 Å². The smallest absolute Gasteiger partial charge is 0.0518 e. The van der Waals surface area contributed by atoms with Crippen LogP contribution in [0.25, 0.3) is 0 Å². The zero-order valence-corrected chi connectivity index (χ0v) is 9.45. The van der Waals surface area contributed by atoms with Gasteiger partial charge in [0.15, 0.2) is 0 Å². The van der Waals surface area contributed by atoms with Crippen LogP contribution in [0.5, 0.6) is 0 Å². The molecule has 0 saturated carbocycles. The highest BCUT2D eigenvalue weighted by atomic mass is 15.3. The lowest BCUT2D eigenvalue weighted by Gasteiger charge is -2.06. The second kappa shape index (κ2) is 5.81. The van der Waals surface area contributed by atoms with Gasteiger partial charge in [-0.2, -0.15) is 5.10 Å². The predicted octanol–water partition coefficient (Wildman–Crippen LogP) is 1.95. The molecule has 0 aliphatic carbocycles. The van der Waals surface area contributed by atoms with E-state index in [-0.39, 0.29) is 0 Å². The fourth-order valence-corrected chi connectivity index (χ4v) is 1.43. The molecule has 0 radical (unpaired) electrons. The third kappa shape index (κ3) is 3.92. The van der Waals surface area contributed by atoms with Crippen LogP contribution >= 0.6 is 0 Å². The van der Waals surface area contributed by atoms with E-state index in [0.717, 1.165) is 19.0 Å². The second-order valence-electron chi connectivity index (χ2n) is 4.16. The van der Waals surface area contributed by atoms with Crippen molar-refractivity contribution in [1.82, 2.24) is 15.1 Å². The molecule has 0 saturated heterocycles. The Morgan fingerprint density at radius 3 is 2.86 bits per heavy atom. The van der Waals surface area contributed by atoms with Gasteiger partial charge in [0.1, 0.15) is 0 Å². The first-order chi connectivity index (χ1) is 6.70. The van der Waals surface area contributed by atoms with E-state index in [1.165, 1.54) is 18.5 Å². The molecule has 0 bridgehead atoms. The zero-order chi connectivity index (χ0) is 10.4. The number of aryl methyl sites for hydroxylation is 1. The van der Waals surface area contributed by atoms with Crippen LogP contribution < -0.4 is 5.32 Å². The van der Waals surface area contributed by atoms with Crippen molar-refractivity contribution in [1.29, 1.82) is 0 Å². The minimum absolute atomic E-state index is 0.813. The number of hydrogen-bond acceptors (Lipinski definition) is 2. The Kier molecular flexibility index (Phi) is 4.66. The van der Waals surface area contributed by atoms with E-state index in [1.54, 1.807) is 0 Å². The molecule has 0 aromatic carbocycles. The Hall–Kier alpha value is -0.830. The van der Waals surface area contributed by atoms with Gasteiger partial charge in [-0.05, 0) is 31.4 Å². The Bertz CT molecular complexity index is 253. The summed E-state index contributed by atoms with van der Waals surface area (Å²) in [5, 5.41) is 7.54. The fraction of sp³-hybridized carbons (Fsp3) is 0.727. The molecular weight excluding hydrogens is 174 g/mol. The largest absolute Gasteiger partial charge is 0.311 e. The molecule has 1 aromatic heterocycles. The molecule has 0 amide bonds. The summed E-state index contributed by atoms with van der Waals surface area (Å²) in [5.41, 5.74) is 1.24. The monoisotopic (exact) mass is 195 g/mol. The Labute approximate surface area is 86.5 Å². The summed E-state index contributed by atoms with van der Waals surface area (Å²) in [6.45, 7) is 6.56. The number of rotatable bonds is 6. The van der Waals surface area contributed by atoms with Gasteiger partial charge in [-0.25, -0.2) is 0 Å². The van der Waals surface area contributed by atoms with Crippen LogP contribution in [0.1, 0.15) is 32.4 Å². The quantitative estimate of drug-likeness (QED) is 0.703. The molecule has 1 heterocycles. The lowest BCUT2D eigenvalue weighted by molar-refractivity contribution is 0.521. The van der Waals surface area contributed by atoms with Gasteiger partial charge in [-0.1, -0.05) is 13.8 Å². The summed E-state index contributed by atoms with van der Waals surface area (Å²) >= 11 is 0. The van der Waals surface area contributed by atoms with Gasteiger partial charge in [0.2, 0.25) is 0 Å². The summed E-state index contributed by atoms with van der Waals surface area (Å²) in [4.78, 5) is 0. The topological polar surface area (TPSA) is 29.9 Å². The van der Waals surface area contributed by atoms with E-state index in [4.69, 9.17) is 0 Å². The third-order valence-corrected chi connectivity index (χ3v) is 2.36. The summed E-state index contributed by atoms with van der Waals surface area (Å²) in [6, 6.07) is 2.05. The fourth-order valence-electron chi connectivity index (χ4n) is 1.43. The van der Waals surface area contributed by atoms with E-state index in [2.05, 4.69) is 30.3 Å². The molecular formula is C11H21N3. The van der Waals surface area contributed by atoms with Gasteiger partial charge >= 0.3 is 0 Å². The number of aromatic nitrogens is 2. The maximum atomic E-state index is 4.12. The Morgan fingerprint density at radius 1 is 1.50 bits per heavy atom. The van der Waals surface area contributed by atoms with Crippen molar-refractivity contribution < 1.29 is 0 Å². The first kappa shape index (κ1) is 11.2. The van der Waals surface area contributed by atoms with Gasteiger partial charge in [0.25, 0.3) is 0 Å². The van der Waals surface area contributed by atoms with Crippen molar-refractivity contribution >= 4 is 0 Å². The molecule has 80 valence electrons. The molecule has 1 N–H and O–H groups in total. The van der Waals surface area contributed by atoms with Crippen molar-refractivity contribution in [2.75, 3.05) is 6.54 Å². The minimum Gasteiger partial charge on any atom is -0.311 e. The Morgan fingerprint density at radius 2 is 2.29 bits per heavy atom. The van der Waals surface area contributed by atoms with Gasteiger partial charge in [0, 0.05) is 19.8 Å². The molecule has 14 heavy (non-hydrogen) atoms. The van der Waals surface area contributed by atoms with E-state index in [9.17, 15) is 0 Å². The number of nitrogens with one attached hydrogen (secondary N) is 1. The highest BCUT2D eigenvalue weighted by Crippen LogP contribution is 2.02. The summed E-state index contributed by atoms with van der Waals surface area (Å²) < 4.78 is 1.91. The highest BCUT2D eigenvalue weighted by Gasteiger charge is 1.97. The standard InChI is InChI=1S/C11H21N3/c1-10(2)5-4-7-12-9-11-6-8-13-14(11)3/h6,8,10,12H,4-5,7,9H2,1-3H3. The average molecular weight is 195 g/mol. The summed E-state index contributed by atoms with van der Waals surface area (Å²) in [6.07, 6.45) is 4.40. The summed E-state index contributed by atoms with van der Waals surface area (Å²) in [7, 11) is 1.98. The van der Waals surface area contributed by atoms with E-state index >= 15 is 0 Å². The SMILES string of the molecule is CC(C)CCCNCc1ccnn1C. The van der Waals surface area contributed by atoms with Crippen LogP contribution in [0.4, 0.5) is 0 Å². The Balaban J connectivity index is 2.08. The predicted molar refractivity (Wildman–Crippen MR) is 59.0 cm³/mol. The first-order valence-corrected chi connectivity index (χ1v) is 5.37. The molecule has 0 unspecified atom stereocenters. The molecule has 3 heteroatoms. The molecule has 0 fully saturated rings. The maximum Gasteiger partial charge on any atom is 0.0518 e. The van der Waals surface area contributed by atoms with Crippen LogP contribution in [0.3, 0.4) is 0 Å². The maximum absolute atomic E-state index is 4.12. The van der Waals surface area contributed by atoms with Gasteiger partial charge in [-0.15, -0.1) is 0 Å². The summed E-state index contributed by atoms with van der Waals surface area (Å²) in [5.74, 6) is 0.813. The molecule has 0 spiro atoms. The minimum atomic E-state index is 0.813. The van der Waals surface area contributed by atoms with Crippen LogP contribution in [0.15, 0.2) is 12.3 Å². The van der Waals surface area contributed by atoms with Crippen LogP contribution in [-0.4, -0.2) is 16.3 Å². The number of hydrogen-bond donors (Lipinski definition) is 1. The van der Waals surface area contributed by atoms with Crippen molar-refractivity contribution in [3.05, 3.63) is 18.0 Å². The molecule has 0 aliphatic rings. The van der Waals surface area contributed by atoms with Crippen LogP contribution in [-0.2, 0) is 13.6 Å². The van der Waals surface area contributed by atoms with Crippen molar-refractivity contribution in [3.8, 4) is 0 Å². The van der Waals surface area contributed by atoms with Crippen molar-refractivity contribution in [2.24, 2.45) is 13.0 Å². The van der Waals surface area contributed by atoms with Crippen LogP contribution in [0, 0.1) is 5.92 Å². The molecule has 0 atom stereocenters. The van der Waals surface area contributed by atoms with Crippen molar-refractivity contribution in [2.45, 2.75) is 33.2 Å². The second-order valence-corrected chi connectivity index (χ2v) is 4.16. The van der Waals surface area contributed by atoms with Gasteiger partial charge < -0.3 is 5.32 Å². The molecule has 1 rings (SSSR count). The lowest BCUT2D eigenvalue weighted by atomic mass is 10.1.